The molecule has 3 nitrogen and oxygen atoms in total. The van der Waals surface area contributed by atoms with Gasteiger partial charge in [-0.3, -0.25) is 0 Å². The molecule has 0 amide bonds. The average Bonchev–Trinajstić information content (AvgIpc) is 2.54. The van der Waals surface area contributed by atoms with Crippen LogP contribution in [0.4, 0.5) is 0 Å². The Labute approximate surface area is 119 Å². The molecule has 2 aromatic rings. The van der Waals surface area contributed by atoms with Gasteiger partial charge in [-0.2, -0.15) is 0 Å². The van der Waals surface area contributed by atoms with Crippen molar-refractivity contribution in [2.75, 3.05) is 14.2 Å². The van der Waals surface area contributed by atoms with Crippen molar-refractivity contribution in [1.29, 1.82) is 0 Å². The van der Waals surface area contributed by atoms with Gasteiger partial charge in [0, 0.05) is 0 Å². The van der Waals surface area contributed by atoms with Gasteiger partial charge in [0.25, 0.3) is 0 Å². The van der Waals surface area contributed by atoms with Crippen molar-refractivity contribution >= 4 is 0 Å². The summed E-state index contributed by atoms with van der Waals surface area (Å²) in [5.41, 5.74) is 0.232. The minimum atomic E-state index is -1.24. The summed E-state index contributed by atoms with van der Waals surface area (Å²) in [6.45, 7) is 3.76. The van der Waals surface area contributed by atoms with Crippen molar-refractivity contribution in [3.63, 3.8) is 0 Å². The van der Waals surface area contributed by atoms with Crippen molar-refractivity contribution in [3.05, 3.63) is 72.3 Å². The van der Waals surface area contributed by atoms with E-state index in [1.165, 1.54) is 6.08 Å². The van der Waals surface area contributed by atoms with E-state index in [2.05, 4.69) is 6.58 Å². The SMILES string of the molecule is C=CC(O)(c1ccc(OC)cc1)c1ccc(OC)cc1. The summed E-state index contributed by atoms with van der Waals surface area (Å²) in [6.07, 6.45) is 1.52. The Morgan fingerprint density at radius 3 is 1.45 bits per heavy atom. The van der Waals surface area contributed by atoms with Crippen LogP contribution in [0.3, 0.4) is 0 Å². The molecule has 0 fully saturated rings. The van der Waals surface area contributed by atoms with E-state index in [0.29, 0.717) is 0 Å². The van der Waals surface area contributed by atoms with Gasteiger partial charge < -0.3 is 14.6 Å². The number of benzene rings is 2. The molecule has 1 N–H and O–H groups in total. The fourth-order valence-corrected chi connectivity index (χ4v) is 2.09. The fourth-order valence-electron chi connectivity index (χ4n) is 2.09. The highest BCUT2D eigenvalue weighted by atomic mass is 16.5. The number of ether oxygens (including phenoxy) is 2. The number of hydrogen-bond acceptors (Lipinski definition) is 3. The number of rotatable bonds is 5. The van der Waals surface area contributed by atoms with Gasteiger partial charge in [0.1, 0.15) is 17.1 Å². The molecule has 0 aliphatic heterocycles. The molecule has 20 heavy (non-hydrogen) atoms. The summed E-state index contributed by atoms with van der Waals surface area (Å²) in [6, 6.07) is 14.5. The Balaban J connectivity index is 2.42. The van der Waals surface area contributed by atoms with Crippen LogP contribution >= 0.6 is 0 Å². The maximum atomic E-state index is 10.9. The maximum absolute atomic E-state index is 10.9. The van der Waals surface area contributed by atoms with E-state index in [-0.39, 0.29) is 0 Å². The molecular formula is C17H18O3. The van der Waals surface area contributed by atoms with Gasteiger partial charge in [-0.25, -0.2) is 0 Å². The number of aliphatic hydroxyl groups is 1. The van der Waals surface area contributed by atoms with Crippen molar-refractivity contribution in [3.8, 4) is 11.5 Å². The lowest BCUT2D eigenvalue weighted by Gasteiger charge is -2.26. The van der Waals surface area contributed by atoms with Crippen LogP contribution in [0.15, 0.2) is 61.2 Å². The molecule has 0 aliphatic carbocycles. The monoisotopic (exact) mass is 270 g/mol. The molecule has 0 saturated heterocycles. The summed E-state index contributed by atoms with van der Waals surface area (Å²) < 4.78 is 10.3. The second-order valence-electron chi connectivity index (χ2n) is 4.43. The van der Waals surface area contributed by atoms with E-state index < -0.39 is 5.60 Å². The molecule has 2 rings (SSSR count). The average molecular weight is 270 g/mol. The van der Waals surface area contributed by atoms with Crippen LogP contribution < -0.4 is 9.47 Å². The smallest absolute Gasteiger partial charge is 0.133 e. The van der Waals surface area contributed by atoms with E-state index in [0.717, 1.165) is 22.6 Å². The fraction of sp³-hybridized carbons (Fsp3) is 0.176. The Hall–Kier alpha value is -2.26. The molecule has 0 aliphatic rings. The predicted molar refractivity (Wildman–Crippen MR) is 79.2 cm³/mol. The minimum Gasteiger partial charge on any atom is -0.497 e. The lowest BCUT2D eigenvalue weighted by molar-refractivity contribution is 0.135. The molecule has 0 unspecified atom stereocenters. The molecule has 0 saturated carbocycles. The van der Waals surface area contributed by atoms with Crippen LogP contribution in [0, 0.1) is 0 Å². The summed E-state index contributed by atoms with van der Waals surface area (Å²) in [5.74, 6) is 1.49. The normalized spacial score (nSPS) is 10.9. The van der Waals surface area contributed by atoms with E-state index in [1.54, 1.807) is 14.2 Å². The Bertz CT molecular complexity index is 523. The Morgan fingerprint density at radius 1 is 0.850 bits per heavy atom. The van der Waals surface area contributed by atoms with Gasteiger partial charge in [-0.05, 0) is 35.4 Å². The summed E-state index contributed by atoms with van der Waals surface area (Å²) in [4.78, 5) is 0. The highest BCUT2D eigenvalue weighted by molar-refractivity contribution is 5.43. The van der Waals surface area contributed by atoms with Crippen LogP contribution in [0.25, 0.3) is 0 Å². The Kier molecular flexibility index (Phi) is 4.11. The molecule has 2 aromatic carbocycles. The third-order valence-corrected chi connectivity index (χ3v) is 3.36. The van der Waals surface area contributed by atoms with Crippen LogP contribution in [-0.4, -0.2) is 19.3 Å². The highest BCUT2D eigenvalue weighted by Crippen LogP contribution is 2.32. The first-order chi connectivity index (χ1) is 9.63. The quantitative estimate of drug-likeness (QED) is 0.848. The first kappa shape index (κ1) is 14.2. The molecule has 0 heterocycles. The number of methoxy groups -OCH3 is 2. The third-order valence-electron chi connectivity index (χ3n) is 3.36. The van der Waals surface area contributed by atoms with E-state index in [4.69, 9.17) is 9.47 Å². The van der Waals surface area contributed by atoms with Crippen LogP contribution in [-0.2, 0) is 5.60 Å². The van der Waals surface area contributed by atoms with Gasteiger partial charge in [0.2, 0.25) is 0 Å². The second-order valence-corrected chi connectivity index (χ2v) is 4.43. The van der Waals surface area contributed by atoms with Crippen LogP contribution in [0.2, 0.25) is 0 Å². The molecule has 0 bridgehead atoms. The van der Waals surface area contributed by atoms with Crippen LogP contribution in [0.1, 0.15) is 11.1 Å². The zero-order valence-corrected chi connectivity index (χ0v) is 11.7. The number of hydrogen-bond donors (Lipinski definition) is 1. The predicted octanol–water partition coefficient (Wildman–Crippen LogP) is 3.13. The maximum Gasteiger partial charge on any atom is 0.133 e. The zero-order valence-electron chi connectivity index (χ0n) is 11.7. The second kappa shape index (κ2) is 5.80. The summed E-state index contributed by atoms with van der Waals surface area (Å²) >= 11 is 0. The highest BCUT2D eigenvalue weighted by Gasteiger charge is 2.27. The van der Waals surface area contributed by atoms with Gasteiger partial charge in [-0.15, -0.1) is 0 Å². The molecule has 0 aromatic heterocycles. The van der Waals surface area contributed by atoms with E-state index in [1.807, 2.05) is 48.5 Å². The largest absolute Gasteiger partial charge is 0.497 e. The van der Waals surface area contributed by atoms with E-state index >= 15 is 0 Å². The summed E-state index contributed by atoms with van der Waals surface area (Å²) in [7, 11) is 3.22. The first-order valence-electron chi connectivity index (χ1n) is 6.29. The van der Waals surface area contributed by atoms with Gasteiger partial charge in [0.05, 0.1) is 14.2 Å². The van der Waals surface area contributed by atoms with Crippen molar-refractivity contribution in [2.45, 2.75) is 5.60 Å². The van der Waals surface area contributed by atoms with Crippen molar-refractivity contribution in [1.82, 2.24) is 0 Å². The molecule has 0 radical (unpaired) electrons. The third kappa shape index (κ3) is 2.53. The van der Waals surface area contributed by atoms with Gasteiger partial charge >= 0.3 is 0 Å². The van der Waals surface area contributed by atoms with E-state index in [9.17, 15) is 5.11 Å². The standard InChI is InChI=1S/C17H18O3/c1-4-17(18,13-5-9-15(19-2)10-6-13)14-7-11-16(20-3)12-8-14/h4-12,18H,1H2,2-3H3. The summed E-state index contributed by atoms with van der Waals surface area (Å²) in [5, 5.41) is 10.9. The lowest BCUT2D eigenvalue weighted by Crippen LogP contribution is -2.24. The van der Waals surface area contributed by atoms with Crippen molar-refractivity contribution < 1.29 is 14.6 Å². The molecule has 0 atom stereocenters. The molecule has 0 spiro atoms. The molecule has 3 heteroatoms. The lowest BCUT2D eigenvalue weighted by atomic mass is 9.86. The zero-order chi connectivity index (χ0) is 14.6. The Morgan fingerprint density at radius 2 is 1.20 bits per heavy atom. The molecule has 104 valence electrons. The van der Waals surface area contributed by atoms with Crippen LogP contribution in [0.5, 0.6) is 11.5 Å². The van der Waals surface area contributed by atoms with Gasteiger partial charge in [0.15, 0.2) is 0 Å². The molecular weight excluding hydrogens is 252 g/mol. The minimum absolute atomic E-state index is 0.735. The van der Waals surface area contributed by atoms with Crippen molar-refractivity contribution in [2.24, 2.45) is 0 Å². The first-order valence-corrected chi connectivity index (χ1v) is 6.29. The topological polar surface area (TPSA) is 38.7 Å². The van der Waals surface area contributed by atoms with Gasteiger partial charge in [-0.1, -0.05) is 36.9 Å².